The van der Waals surface area contributed by atoms with E-state index >= 15 is 0 Å². The van der Waals surface area contributed by atoms with Crippen molar-refractivity contribution in [2.45, 2.75) is 46.1 Å². The van der Waals surface area contributed by atoms with Gasteiger partial charge >= 0.3 is 5.97 Å². The Bertz CT molecular complexity index is 222. The highest BCUT2D eigenvalue weighted by Gasteiger charge is 2.18. The van der Waals surface area contributed by atoms with E-state index in [1.54, 1.807) is 0 Å². The van der Waals surface area contributed by atoms with Gasteiger partial charge in [0, 0.05) is 6.54 Å². The van der Waals surface area contributed by atoms with Gasteiger partial charge in [-0.25, -0.2) is 0 Å². The van der Waals surface area contributed by atoms with Crippen molar-refractivity contribution in [3.8, 4) is 0 Å². The second kappa shape index (κ2) is 10.3. The molecule has 4 nitrogen and oxygen atoms in total. The van der Waals surface area contributed by atoms with Gasteiger partial charge in [-0.2, -0.15) is 0 Å². The molecule has 0 aliphatic rings. The van der Waals surface area contributed by atoms with Crippen LogP contribution in [-0.4, -0.2) is 50.7 Å². The predicted octanol–water partition coefficient (Wildman–Crippen LogP) is 1.90. The molecule has 1 N–H and O–H groups in total. The third kappa shape index (κ3) is 7.67. The fourth-order valence-corrected chi connectivity index (χ4v) is 1.87. The van der Waals surface area contributed by atoms with Gasteiger partial charge in [0.05, 0.1) is 7.11 Å². The highest BCUT2D eigenvalue weighted by Crippen LogP contribution is 2.04. The number of rotatable bonds is 10. The summed E-state index contributed by atoms with van der Waals surface area (Å²) in [6, 6.07) is -0.172. The van der Waals surface area contributed by atoms with Crippen LogP contribution in [0.25, 0.3) is 0 Å². The second-order valence-corrected chi connectivity index (χ2v) is 5.09. The first-order valence-corrected chi connectivity index (χ1v) is 7.04. The first-order valence-electron chi connectivity index (χ1n) is 7.04. The average Bonchev–Trinajstić information content (AvgIpc) is 2.37. The third-order valence-electron chi connectivity index (χ3n) is 3.25. The van der Waals surface area contributed by atoms with Crippen LogP contribution in [0, 0.1) is 5.92 Å². The molecule has 0 heterocycles. The minimum atomic E-state index is -0.172. The zero-order chi connectivity index (χ0) is 14.0. The maximum Gasteiger partial charge on any atom is 0.322 e. The summed E-state index contributed by atoms with van der Waals surface area (Å²) in [7, 11) is 3.56. The molecule has 2 unspecified atom stereocenters. The summed E-state index contributed by atoms with van der Waals surface area (Å²) in [5, 5.41) is 3.24. The first kappa shape index (κ1) is 17.4. The largest absolute Gasteiger partial charge is 0.468 e. The van der Waals surface area contributed by atoms with Crippen molar-refractivity contribution >= 4 is 5.97 Å². The van der Waals surface area contributed by atoms with Crippen LogP contribution in [-0.2, 0) is 9.53 Å². The molecule has 4 heteroatoms. The number of carbonyl (C=O) groups is 1. The van der Waals surface area contributed by atoms with Gasteiger partial charge in [0.1, 0.15) is 6.04 Å². The molecule has 0 amide bonds. The minimum absolute atomic E-state index is 0.152. The Morgan fingerprint density at radius 2 is 2.06 bits per heavy atom. The van der Waals surface area contributed by atoms with Gasteiger partial charge in [-0.05, 0) is 38.9 Å². The molecule has 0 rings (SSSR count). The van der Waals surface area contributed by atoms with E-state index in [9.17, 15) is 4.79 Å². The summed E-state index contributed by atoms with van der Waals surface area (Å²) in [6.07, 6.45) is 3.02. The van der Waals surface area contributed by atoms with Crippen molar-refractivity contribution in [3.05, 3.63) is 0 Å². The van der Waals surface area contributed by atoms with Crippen LogP contribution < -0.4 is 5.32 Å². The van der Waals surface area contributed by atoms with E-state index in [1.165, 1.54) is 13.5 Å². The molecule has 0 saturated heterocycles. The molecule has 18 heavy (non-hydrogen) atoms. The van der Waals surface area contributed by atoms with E-state index in [0.717, 1.165) is 32.5 Å². The van der Waals surface area contributed by atoms with Crippen LogP contribution in [0.1, 0.15) is 40.0 Å². The molecular weight excluding hydrogens is 228 g/mol. The van der Waals surface area contributed by atoms with Crippen molar-refractivity contribution in [1.82, 2.24) is 10.2 Å². The van der Waals surface area contributed by atoms with Crippen LogP contribution in [0.4, 0.5) is 0 Å². The van der Waals surface area contributed by atoms with Crippen molar-refractivity contribution in [1.29, 1.82) is 0 Å². The van der Waals surface area contributed by atoms with E-state index < -0.39 is 0 Å². The fourth-order valence-electron chi connectivity index (χ4n) is 1.87. The standard InChI is InChI=1S/C14H30N2O2/c1-6-9-15-13(14(17)18-5)8-10-16(4)11-12(3)7-2/h12-13,15H,6-11H2,1-5H3. The Labute approximate surface area is 112 Å². The molecule has 0 aromatic carbocycles. The summed E-state index contributed by atoms with van der Waals surface area (Å²) >= 11 is 0. The molecule has 0 fully saturated rings. The normalized spacial score (nSPS) is 14.6. The number of esters is 1. The lowest BCUT2D eigenvalue weighted by atomic mass is 10.1. The molecule has 0 bridgehead atoms. The highest BCUT2D eigenvalue weighted by atomic mass is 16.5. The third-order valence-corrected chi connectivity index (χ3v) is 3.25. The van der Waals surface area contributed by atoms with E-state index in [1.807, 2.05) is 0 Å². The summed E-state index contributed by atoms with van der Waals surface area (Å²) in [4.78, 5) is 13.9. The van der Waals surface area contributed by atoms with Crippen molar-refractivity contribution in [2.75, 3.05) is 33.8 Å². The Morgan fingerprint density at radius 3 is 2.56 bits per heavy atom. The lowest BCUT2D eigenvalue weighted by molar-refractivity contribution is -0.143. The molecule has 0 spiro atoms. The second-order valence-electron chi connectivity index (χ2n) is 5.09. The maximum absolute atomic E-state index is 11.6. The van der Waals surface area contributed by atoms with Gasteiger partial charge in [0.15, 0.2) is 0 Å². The molecule has 0 aliphatic heterocycles. The monoisotopic (exact) mass is 258 g/mol. The van der Waals surface area contributed by atoms with Gasteiger partial charge in [-0.1, -0.05) is 27.2 Å². The number of nitrogens with zero attached hydrogens (tertiary/aromatic N) is 1. The first-order chi connectivity index (χ1) is 8.54. The van der Waals surface area contributed by atoms with Crippen LogP contribution >= 0.6 is 0 Å². The quantitative estimate of drug-likeness (QED) is 0.608. The molecule has 108 valence electrons. The van der Waals surface area contributed by atoms with Crippen LogP contribution in [0.5, 0.6) is 0 Å². The number of nitrogens with one attached hydrogen (secondary N) is 1. The molecule has 0 radical (unpaired) electrons. The Hall–Kier alpha value is -0.610. The van der Waals surface area contributed by atoms with Crippen LogP contribution in [0.3, 0.4) is 0 Å². The summed E-state index contributed by atoms with van der Waals surface area (Å²) in [5.74, 6) is 0.551. The average molecular weight is 258 g/mol. The van der Waals surface area contributed by atoms with E-state index in [4.69, 9.17) is 4.74 Å². The van der Waals surface area contributed by atoms with E-state index in [0.29, 0.717) is 5.92 Å². The molecule has 0 saturated carbocycles. The SMILES string of the molecule is CCCNC(CCN(C)CC(C)CC)C(=O)OC. The fraction of sp³-hybridized carbons (Fsp3) is 0.929. The zero-order valence-corrected chi connectivity index (χ0v) is 12.7. The van der Waals surface area contributed by atoms with Crippen molar-refractivity contribution in [3.63, 3.8) is 0 Å². The minimum Gasteiger partial charge on any atom is -0.468 e. The van der Waals surface area contributed by atoms with Gasteiger partial charge in [0.25, 0.3) is 0 Å². The lowest BCUT2D eigenvalue weighted by Crippen LogP contribution is -2.41. The molecule has 0 aromatic rings. The molecule has 0 aliphatic carbocycles. The summed E-state index contributed by atoms with van der Waals surface area (Å²) < 4.78 is 4.82. The van der Waals surface area contributed by atoms with E-state index in [2.05, 4.69) is 38.0 Å². The topological polar surface area (TPSA) is 41.6 Å². The van der Waals surface area contributed by atoms with Crippen LogP contribution in [0.2, 0.25) is 0 Å². The molecular formula is C14H30N2O2. The van der Waals surface area contributed by atoms with E-state index in [-0.39, 0.29) is 12.0 Å². The highest BCUT2D eigenvalue weighted by molar-refractivity contribution is 5.75. The van der Waals surface area contributed by atoms with Gasteiger partial charge < -0.3 is 15.0 Å². The van der Waals surface area contributed by atoms with Crippen molar-refractivity contribution in [2.24, 2.45) is 5.92 Å². The number of ether oxygens (including phenoxy) is 1. The number of carbonyl (C=O) groups excluding carboxylic acids is 1. The maximum atomic E-state index is 11.6. The zero-order valence-electron chi connectivity index (χ0n) is 12.7. The molecule has 2 atom stereocenters. The van der Waals surface area contributed by atoms with Gasteiger partial charge in [-0.3, -0.25) is 4.79 Å². The predicted molar refractivity (Wildman–Crippen MR) is 75.7 cm³/mol. The Balaban J connectivity index is 4.04. The summed E-state index contributed by atoms with van der Waals surface area (Å²) in [5.41, 5.74) is 0. The Morgan fingerprint density at radius 1 is 1.39 bits per heavy atom. The summed E-state index contributed by atoms with van der Waals surface area (Å²) in [6.45, 7) is 9.41. The smallest absolute Gasteiger partial charge is 0.322 e. The van der Waals surface area contributed by atoms with Crippen LogP contribution in [0.15, 0.2) is 0 Å². The van der Waals surface area contributed by atoms with Gasteiger partial charge in [-0.15, -0.1) is 0 Å². The Kier molecular flexibility index (Phi) is 9.98. The number of methoxy groups -OCH3 is 1. The molecule has 0 aromatic heterocycles. The van der Waals surface area contributed by atoms with Crippen molar-refractivity contribution < 1.29 is 9.53 Å². The lowest BCUT2D eigenvalue weighted by Gasteiger charge is -2.23. The number of hydrogen-bond acceptors (Lipinski definition) is 4. The van der Waals surface area contributed by atoms with Gasteiger partial charge in [0.2, 0.25) is 0 Å². The number of hydrogen-bond donors (Lipinski definition) is 1.